The van der Waals surface area contributed by atoms with Crippen LogP contribution in [0.2, 0.25) is 0 Å². The van der Waals surface area contributed by atoms with Gasteiger partial charge in [0.05, 0.1) is 6.54 Å². The maximum absolute atomic E-state index is 12.3. The Bertz CT molecular complexity index is 730. The fourth-order valence-corrected chi connectivity index (χ4v) is 3.05. The van der Waals surface area contributed by atoms with Crippen LogP contribution in [-0.4, -0.2) is 59.1 Å². The first-order valence-electron chi connectivity index (χ1n) is 8.57. The number of amides is 1. The summed E-state index contributed by atoms with van der Waals surface area (Å²) in [5.74, 6) is 1.29. The highest BCUT2D eigenvalue weighted by Crippen LogP contribution is 2.22. The minimum Gasteiger partial charge on any atom is -0.351 e. The Morgan fingerprint density at radius 1 is 1.32 bits per heavy atom. The number of benzene rings is 1. The summed E-state index contributed by atoms with van der Waals surface area (Å²) < 4.78 is 5.32. The Morgan fingerprint density at radius 3 is 2.84 bits per heavy atom. The van der Waals surface area contributed by atoms with Gasteiger partial charge in [-0.25, -0.2) is 0 Å². The van der Waals surface area contributed by atoms with Gasteiger partial charge < -0.3 is 9.84 Å². The lowest BCUT2D eigenvalue weighted by atomic mass is 10.1. The molecule has 1 aliphatic heterocycles. The van der Waals surface area contributed by atoms with E-state index in [9.17, 15) is 4.79 Å². The molecule has 2 heterocycles. The molecule has 0 bridgehead atoms. The highest BCUT2D eigenvalue weighted by Gasteiger charge is 2.30. The van der Waals surface area contributed by atoms with Gasteiger partial charge in [-0.3, -0.25) is 14.6 Å². The minimum absolute atomic E-state index is 0.0270. The number of rotatable bonds is 5. The summed E-state index contributed by atoms with van der Waals surface area (Å²) in [5, 5.41) is 6.88. The van der Waals surface area contributed by atoms with E-state index in [-0.39, 0.29) is 11.9 Å². The molecule has 1 atom stereocenters. The Balaban J connectivity index is 1.53. The van der Waals surface area contributed by atoms with Gasteiger partial charge in [0.25, 0.3) is 0 Å². The van der Waals surface area contributed by atoms with Crippen molar-refractivity contribution in [3.8, 4) is 0 Å². The van der Waals surface area contributed by atoms with Crippen LogP contribution in [0.3, 0.4) is 0 Å². The largest absolute Gasteiger partial charge is 0.351 e. The van der Waals surface area contributed by atoms with Gasteiger partial charge in [-0.05, 0) is 32.0 Å². The van der Waals surface area contributed by atoms with E-state index in [1.807, 2.05) is 32.2 Å². The molecule has 1 amide bonds. The van der Waals surface area contributed by atoms with Crippen LogP contribution in [0.4, 0.5) is 0 Å². The van der Waals surface area contributed by atoms with E-state index in [0.29, 0.717) is 31.3 Å². The fraction of sp³-hybridized carbons (Fsp3) is 0.500. The second-order valence-corrected chi connectivity index (χ2v) is 6.61. The van der Waals surface area contributed by atoms with Gasteiger partial charge in [-0.1, -0.05) is 29.4 Å². The highest BCUT2D eigenvalue weighted by molar-refractivity contribution is 5.78. The molecule has 7 heteroatoms. The van der Waals surface area contributed by atoms with Gasteiger partial charge in [0.15, 0.2) is 5.82 Å². The SMILES string of the molecule is Cc1noc([C@H]2CN(CC(=O)NCc3ccccc3C)CCN2C)n1. The normalized spacial score (nSPS) is 19.1. The highest BCUT2D eigenvalue weighted by atomic mass is 16.5. The van der Waals surface area contributed by atoms with Crippen molar-refractivity contribution in [3.05, 3.63) is 47.1 Å². The third-order valence-electron chi connectivity index (χ3n) is 4.66. The van der Waals surface area contributed by atoms with E-state index in [2.05, 4.69) is 38.2 Å². The van der Waals surface area contributed by atoms with Crippen molar-refractivity contribution in [1.29, 1.82) is 0 Å². The van der Waals surface area contributed by atoms with E-state index in [1.165, 1.54) is 5.56 Å². The smallest absolute Gasteiger partial charge is 0.245 e. The monoisotopic (exact) mass is 343 g/mol. The molecule has 1 aliphatic rings. The lowest BCUT2D eigenvalue weighted by Gasteiger charge is -2.37. The van der Waals surface area contributed by atoms with Crippen molar-refractivity contribution in [2.75, 3.05) is 33.2 Å². The van der Waals surface area contributed by atoms with Gasteiger partial charge in [-0.15, -0.1) is 0 Å². The number of carbonyl (C=O) groups excluding carboxylic acids is 1. The van der Waals surface area contributed by atoms with Crippen LogP contribution < -0.4 is 5.32 Å². The molecule has 1 fully saturated rings. The summed E-state index contributed by atoms with van der Waals surface area (Å²) in [6.07, 6.45) is 0. The Labute approximate surface area is 148 Å². The molecule has 134 valence electrons. The zero-order chi connectivity index (χ0) is 17.8. The van der Waals surface area contributed by atoms with Crippen LogP contribution in [0.15, 0.2) is 28.8 Å². The minimum atomic E-state index is 0.0270. The number of piperazine rings is 1. The lowest BCUT2D eigenvalue weighted by molar-refractivity contribution is -0.123. The molecule has 1 N–H and O–H groups in total. The third-order valence-corrected chi connectivity index (χ3v) is 4.66. The molecule has 0 saturated carbocycles. The maximum Gasteiger partial charge on any atom is 0.245 e. The van der Waals surface area contributed by atoms with Crippen molar-refractivity contribution >= 4 is 5.91 Å². The van der Waals surface area contributed by atoms with E-state index >= 15 is 0 Å². The van der Waals surface area contributed by atoms with Crippen LogP contribution in [0.1, 0.15) is 28.9 Å². The van der Waals surface area contributed by atoms with Crippen LogP contribution in [0, 0.1) is 13.8 Å². The molecule has 0 unspecified atom stereocenters. The van der Waals surface area contributed by atoms with E-state index < -0.39 is 0 Å². The van der Waals surface area contributed by atoms with Gasteiger partial charge >= 0.3 is 0 Å². The van der Waals surface area contributed by atoms with Gasteiger partial charge in [-0.2, -0.15) is 4.98 Å². The van der Waals surface area contributed by atoms with Crippen molar-refractivity contribution in [1.82, 2.24) is 25.3 Å². The van der Waals surface area contributed by atoms with Crippen LogP contribution in [-0.2, 0) is 11.3 Å². The molecule has 25 heavy (non-hydrogen) atoms. The second-order valence-electron chi connectivity index (χ2n) is 6.61. The van der Waals surface area contributed by atoms with Gasteiger partial charge in [0, 0.05) is 26.2 Å². The van der Waals surface area contributed by atoms with Crippen molar-refractivity contribution < 1.29 is 9.32 Å². The van der Waals surface area contributed by atoms with Gasteiger partial charge in [0.2, 0.25) is 11.8 Å². The quantitative estimate of drug-likeness (QED) is 0.882. The molecule has 2 aromatic rings. The zero-order valence-electron chi connectivity index (χ0n) is 15.0. The first-order valence-corrected chi connectivity index (χ1v) is 8.57. The summed E-state index contributed by atoms with van der Waals surface area (Å²) in [6.45, 7) is 7.21. The van der Waals surface area contributed by atoms with Crippen molar-refractivity contribution in [2.45, 2.75) is 26.4 Å². The molecule has 0 spiro atoms. The second kappa shape index (κ2) is 7.76. The third kappa shape index (κ3) is 4.43. The maximum atomic E-state index is 12.3. The molecule has 1 aromatic heterocycles. The molecule has 0 aliphatic carbocycles. The van der Waals surface area contributed by atoms with Crippen LogP contribution in [0.5, 0.6) is 0 Å². The zero-order valence-corrected chi connectivity index (χ0v) is 15.0. The first kappa shape index (κ1) is 17.6. The lowest BCUT2D eigenvalue weighted by Crippen LogP contribution is -2.49. The number of carbonyl (C=O) groups is 1. The fourth-order valence-electron chi connectivity index (χ4n) is 3.05. The van der Waals surface area contributed by atoms with Crippen molar-refractivity contribution in [3.63, 3.8) is 0 Å². The summed E-state index contributed by atoms with van der Waals surface area (Å²) in [5.41, 5.74) is 2.34. The predicted molar refractivity (Wildman–Crippen MR) is 93.9 cm³/mol. The number of likely N-dealkylation sites (N-methyl/N-ethyl adjacent to an activating group) is 1. The van der Waals surface area contributed by atoms with Crippen LogP contribution in [0.25, 0.3) is 0 Å². The molecule has 7 nitrogen and oxygen atoms in total. The number of nitrogens with one attached hydrogen (secondary N) is 1. The summed E-state index contributed by atoms with van der Waals surface area (Å²) >= 11 is 0. The number of hydrogen-bond donors (Lipinski definition) is 1. The van der Waals surface area contributed by atoms with Gasteiger partial charge in [0.1, 0.15) is 6.04 Å². The summed E-state index contributed by atoms with van der Waals surface area (Å²) in [6, 6.07) is 8.12. The summed E-state index contributed by atoms with van der Waals surface area (Å²) in [4.78, 5) is 21.0. The van der Waals surface area contributed by atoms with E-state index in [1.54, 1.807) is 0 Å². The molecular weight excluding hydrogens is 318 g/mol. The molecule has 1 aromatic carbocycles. The van der Waals surface area contributed by atoms with E-state index in [0.717, 1.165) is 18.7 Å². The number of aryl methyl sites for hydroxylation is 2. The molecule has 1 saturated heterocycles. The molecule has 3 rings (SSSR count). The van der Waals surface area contributed by atoms with Crippen LogP contribution >= 0.6 is 0 Å². The predicted octanol–water partition coefficient (Wildman–Crippen LogP) is 1.29. The Morgan fingerprint density at radius 2 is 2.12 bits per heavy atom. The number of aromatic nitrogens is 2. The van der Waals surface area contributed by atoms with E-state index in [4.69, 9.17) is 4.52 Å². The average molecular weight is 343 g/mol. The standard InChI is InChI=1S/C18H25N5O2/c1-13-6-4-5-7-15(13)10-19-17(24)12-23-9-8-22(3)16(11-23)18-20-14(2)21-25-18/h4-7,16H,8-12H2,1-3H3,(H,19,24)/t16-/m1/s1. The number of hydrogen-bond acceptors (Lipinski definition) is 6. The first-order chi connectivity index (χ1) is 12.0. The Hall–Kier alpha value is -2.25. The summed E-state index contributed by atoms with van der Waals surface area (Å²) in [7, 11) is 2.04. The number of nitrogens with zero attached hydrogens (tertiary/aromatic N) is 4. The Kier molecular flexibility index (Phi) is 5.45. The topological polar surface area (TPSA) is 74.5 Å². The molecule has 0 radical (unpaired) electrons. The molecular formula is C18H25N5O2. The van der Waals surface area contributed by atoms with Crippen molar-refractivity contribution in [2.24, 2.45) is 0 Å². The average Bonchev–Trinajstić information content (AvgIpc) is 3.02.